The van der Waals surface area contributed by atoms with Crippen LogP contribution in [0.1, 0.15) is 23.1 Å². The minimum Gasteiger partial charge on any atom is -0.467 e. The van der Waals surface area contributed by atoms with Gasteiger partial charge in [0, 0.05) is 6.42 Å². The number of aromatic amines is 1. The molecule has 7 nitrogen and oxygen atoms in total. The molecule has 0 bridgehead atoms. The average molecular weight is 359 g/mol. The number of hydrazone groups is 1. The molecule has 1 atom stereocenters. The molecule has 0 spiro atoms. The van der Waals surface area contributed by atoms with Gasteiger partial charge in [0.05, 0.1) is 22.6 Å². The number of aromatic nitrogens is 3. The molecule has 0 aromatic carbocycles. The number of thioether (sulfide) groups is 1. The minimum absolute atomic E-state index is 0.0932. The number of rotatable bonds is 5. The molecule has 1 aliphatic rings. The number of carbonyl (C=O) groups is 1. The topological polar surface area (TPSA) is 87.4 Å². The van der Waals surface area contributed by atoms with Gasteiger partial charge in [-0.25, -0.2) is 9.99 Å². The van der Waals surface area contributed by atoms with Crippen LogP contribution in [0.5, 0.6) is 0 Å². The van der Waals surface area contributed by atoms with E-state index in [1.165, 1.54) is 23.1 Å². The van der Waals surface area contributed by atoms with Gasteiger partial charge in [0.1, 0.15) is 18.1 Å². The standard InChI is InChI=1S/C15H13N5O2S2/c21-14(8-24-15-16-9-17-18-15)20-11(12-3-1-5-22-12)7-10(19-20)13-4-2-6-23-13/h1-6,9,11H,7-8H2,(H,16,17,18)/t11-/m1/s1. The second-order valence-corrected chi connectivity index (χ2v) is 6.99. The fraction of sp³-hybridized carbons (Fsp3) is 0.200. The predicted octanol–water partition coefficient (Wildman–Crippen LogP) is 2.93. The Labute approximate surface area is 145 Å². The number of amides is 1. The smallest absolute Gasteiger partial charge is 0.253 e. The summed E-state index contributed by atoms with van der Waals surface area (Å²) in [6.45, 7) is 0. The minimum atomic E-state index is -0.208. The van der Waals surface area contributed by atoms with E-state index in [0.29, 0.717) is 11.6 Å². The zero-order chi connectivity index (χ0) is 16.4. The second kappa shape index (κ2) is 6.62. The van der Waals surface area contributed by atoms with E-state index < -0.39 is 0 Å². The lowest BCUT2D eigenvalue weighted by Crippen LogP contribution is -2.28. The van der Waals surface area contributed by atoms with E-state index in [0.717, 1.165) is 16.3 Å². The molecule has 1 amide bonds. The van der Waals surface area contributed by atoms with Crippen LogP contribution >= 0.6 is 23.1 Å². The van der Waals surface area contributed by atoms with Crippen LogP contribution in [0.15, 0.2) is 56.9 Å². The Kier molecular flexibility index (Phi) is 4.18. The Morgan fingerprint density at radius 1 is 1.46 bits per heavy atom. The maximum atomic E-state index is 12.7. The SMILES string of the molecule is O=C(CSc1ncn[nH]1)N1N=C(c2cccs2)C[C@@H]1c1ccco1. The number of hydrogen-bond donors (Lipinski definition) is 1. The van der Waals surface area contributed by atoms with Crippen molar-refractivity contribution in [1.29, 1.82) is 0 Å². The van der Waals surface area contributed by atoms with Crippen molar-refractivity contribution in [3.8, 4) is 0 Å². The van der Waals surface area contributed by atoms with Gasteiger partial charge >= 0.3 is 0 Å². The zero-order valence-corrected chi connectivity index (χ0v) is 14.1. The molecule has 122 valence electrons. The van der Waals surface area contributed by atoms with Crippen LogP contribution in [-0.2, 0) is 4.79 Å². The predicted molar refractivity (Wildman–Crippen MR) is 90.9 cm³/mol. The molecular formula is C15H13N5O2S2. The monoisotopic (exact) mass is 359 g/mol. The summed E-state index contributed by atoms with van der Waals surface area (Å²) in [5.74, 6) is 0.876. The summed E-state index contributed by atoms with van der Waals surface area (Å²) in [5.41, 5.74) is 0.907. The van der Waals surface area contributed by atoms with E-state index in [-0.39, 0.29) is 17.7 Å². The summed E-state index contributed by atoms with van der Waals surface area (Å²) in [5, 5.41) is 15.2. The molecule has 0 radical (unpaired) electrons. The van der Waals surface area contributed by atoms with Crippen molar-refractivity contribution in [3.63, 3.8) is 0 Å². The Morgan fingerprint density at radius 3 is 3.12 bits per heavy atom. The van der Waals surface area contributed by atoms with E-state index in [4.69, 9.17) is 4.42 Å². The van der Waals surface area contributed by atoms with Crippen molar-refractivity contribution in [2.24, 2.45) is 5.10 Å². The Morgan fingerprint density at radius 2 is 2.42 bits per heavy atom. The molecule has 4 rings (SSSR count). The zero-order valence-electron chi connectivity index (χ0n) is 12.5. The highest BCUT2D eigenvalue weighted by Gasteiger charge is 2.35. The first-order chi connectivity index (χ1) is 11.8. The maximum Gasteiger partial charge on any atom is 0.253 e. The Bertz CT molecular complexity index is 827. The first-order valence-electron chi connectivity index (χ1n) is 7.26. The lowest BCUT2D eigenvalue weighted by molar-refractivity contribution is -0.130. The molecule has 1 aliphatic heterocycles. The second-order valence-electron chi connectivity index (χ2n) is 5.08. The molecule has 3 aromatic heterocycles. The molecule has 0 unspecified atom stereocenters. The van der Waals surface area contributed by atoms with Crippen LogP contribution < -0.4 is 0 Å². The quantitative estimate of drug-likeness (QED) is 0.708. The Balaban J connectivity index is 1.55. The van der Waals surface area contributed by atoms with Crippen LogP contribution in [0.4, 0.5) is 0 Å². The maximum absolute atomic E-state index is 12.7. The molecule has 0 saturated heterocycles. The summed E-state index contributed by atoms with van der Waals surface area (Å²) in [7, 11) is 0. The van der Waals surface area contributed by atoms with Gasteiger partial charge in [-0.1, -0.05) is 17.8 Å². The summed E-state index contributed by atoms with van der Waals surface area (Å²) in [4.78, 5) is 17.7. The third kappa shape index (κ3) is 3.00. The normalized spacial score (nSPS) is 17.2. The number of nitrogens with one attached hydrogen (secondary N) is 1. The first-order valence-corrected chi connectivity index (χ1v) is 9.13. The molecule has 1 N–H and O–H groups in total. The Hall–Kier alpha value is -2.39. The van der Waals surface area contributed by atoms with E-state index >= 15 is 0 Å². The van der Waals surface area contributed by atoms with Gasteiger partial charge in [0.15, 0.2) is 5.16 Å². The fourth-order valence-corrected chi connectivity index (χ4v) is 3.85. The van der Waals surface area contributed by atoms with Gasteiger partial charge in [-0.15, -0.1) is 11.3 Å². The molecule has 0 fully saturated rings. The summed E-state index contributed by atoms with van der Waals surface area (Å²) < 4.78 is 5.51. The summed E-state index contributed by atoms with van der Waals surface area (Å²) >= 11 is 2.92. The lowest BCUT2D eigenvalue weighted by atomic mass is 10.1. The first kappa shape index (κ1) is 15.2. The van der Waals surface area contributed by atoms with Crippen molar-refractivity contribution in [3.05, 3.63) is 52.9 Å². The van der Waals surface area contributed by atoms with E-state index in [1.54, 1.807) is 17.6 Å². The molecule has 3 aromatic rings. The van der Waals surface area contributed by atoms with E-state index in [9.17, 15) is 4.79 Å². The van der Waals surface area contributed by atoms with Crippen molar-refractivity contribution in [1.82, 2.24) is 20.2 Å². The van der Waals surface area contributed by atoms with Crippen LogP contribution in [0.25, 0.3) is 0 Å². The van der Waals surface area contributed by atoms with Gasteiger partial charge in [-0.2, -0.15) is 10.2 Å². The summed E-state index contributed by atoms with van der Waals surface area (Å²) in [6, 6.07) is 7.49. The molecule has 9 heteroatoms. The van der Waals surface area contributed by atoms with Gasteiger partial charge in [0.2, 0.25) is 0 Å². The van der Waals surface area contributed by atoms with Crippen molar-refractivity contribution in [2.75, 3.05) is 5.75 Å². The highest BCUT2D eigenvalue weighted by atomic mass is 32.2. The number of nitrogens with zero attached hydrogens (tertiary/aromatic N) is 4. The van der Waals surface area contributed by atoms with Crippen LogP contribution in [0, 0.1) is 0 Å². The molecule has 4 heterocycles. The van der Waals surface area contributed by atoms with Crippen molar-refractivity contribution in [2.45, 2.75) is 17.6 Å². The van der Waals surface area contributed by atoms with Gasteiger partial charge in [-0.05, 0) is 23.6 Å². The number of carbonyl (C=O) groups excluding carboxylic acids is 1. The number of furan rings is 1. The van der Waals surface area contributed by atoms with E-state index in [1.807, 2.05) is 29.6 Å². The third-order valence-electron chi connectivity index (χ3n) is 3.57. The molecule has 0 saturated carbocycles. The number of hydrogen-bond acceptors (Lipinski definition) is 7. The van der Waals surface area contributed by atoms with Gasteiger partial charge < -0.3 is 4.42 Å². The largest absolute Gasteiger partial charge is 0.467 e. The molecule has 24 heavy (non-hydrogen) atoms. The fourth-order valence-electron chi connectivity index (χ4n) is 2.49. The average Bonchev–Trinajstić information content (AvgIpc) is 3.40. The van der Waals surface area contributed by atoms with E-state index in [2.05, 4.69) is 20.3 Å². The summed E-state index contributed by atoms with van der Waals surface area (Å²) in [6.07, 6.45) is 3.68. The lowest BCUT2D eigenvalue weighted by Gasteiger charge is -2.19. The third-order valence-corrected chi connectivity index (χ3v) is 5.35. The van der Waals surface area contributed by atoms with Gasteiger partial charge in [-0.3, -0.25) is 9.89 Å². The number of thiophene rings is 1. The van der Waals surface area contributed by atoms with Crippen LogP contribution in [0.3, 0.4) is 0 Å². The highest BCUT2D eigenvalue weighted by molar-refractivity contribution is 7.99. The van der Waals surface area contributed by atoms with Gasteiger partial charge in [0.25, 0.3) is 5.91 Å². The highest BCUT2D eigenvalue weighted by Crippen LogP contribution is 2.34. The number of H-pyrrole nitrogens is 1. The van der Waals surface area contributed by atoms with Crippen molar-refractivity contribution >= 4 is 34.7 Å². The molecule has 0 aliphatic carbocycles. The van der Waals surface area contributed by atoms with Crippen LogP contribution in [-0.4, -0.2) is 37.6 Å². The van der Waals surface area contributed by atoms with Crippen LogP contribution in [0.2, 0.25) is 0 Å². The molecular weight excluding hydrogens is 346 g/mol. The van der Waals surface area contributed by atoms with Crippen molar-refractivity contribution < 1.29 is 9.21 Å².